The zero-order valence-electron chi connectivity index (χ0n) is 17.2. The molecule has 160 valence electrons. The lowest BCUT2D eigenvalue weighted by atomic mass is 10.0. The van der Waals surface area contributed by atoms with Crippen LogP contribution in [0.1, 0.15) is 34.8 Å². The number of halogens is 3. The van der Waals surface area contributed by atoms with Gasteiger partial charge in [0, 0.05) is 24.9 Å². The zero-order chi connectivity index (χ0) is 21.4. The van der Waals surface area contributed by atoms with E-state index in [0.29, 0.717) is 37.0 Å². The van der Waals surface area contributed by atoms with Crippen LogP contribution in [-0.4, -0.2) is 49.6 Å². The van der Waals surface area contributed by atoms with E-state index in [2.05, 4.69) is 56.7 Å². The highest BCUT2D eigenvalue weighted by molar-refractivity contribution is 7.09. The topological polar surface area (TPSA) is 52.6 Å². The van der Waals surface area contributed by atoms with Gasteiger partial charge >= 0.3 is 6.18 Å². The van der Waals surface area contributed by atoms with Crippen LogP contribution in [0.25, 0.3) is 0 Å². The molecule has 0 amide bonds. The summed E-state index contributed by atoms with van der Waals surface area (Å²) >= 11 is 1.02. The van der Waals surface area contributed by atoms with Crippen LogP contribution in [0.4, 0.5) is 13.2 Å². The van der Waals surface area contributed by atoms with E-state index in [1.165, 1.54) is 11.1 Å². The lowest BCUT2D eigenvalue weighted by Gasteiger charge is -2.24. The third-order valence-electron chi connectivity index (χ3n) is 4.33. The number of nitrogens with zero attached hydrogens (tertiary/aromatic N) is 3. The molecule has 0 bridgehead atoms. The van der Waals surface area contributed by atoms with Crippen molar-refractivity contribution in [2.45, 2.75) is 32.5 Å². The van der Waals surface area contributed by atoms with Crippen molar-refractivity contribution >= 4 is 17.3 Å². The van der Waals surface area contributed by atoms with Crippen molar-refractivity contribution in [3.63, 3.8) is 0 Å². The minimum atomic E-state index is -4.39. The Kier molecular flexibility index (Phi) is 8.45. The van der Waals surface area contributed by atoms with Crippen molar-refractivity contribution in [3.8, 4) is 0 Å². The quantitative estimate of drug-likeness (QED) is 0.496. The number of nitrogens with one attached hydrogen (secondary N) is 2. The van der Waals surface area contributed by atoms with Crippen LogP contribution in [0.2, 0.25) is 0 Å². The molecule has 29 heavy (non-hydrogen) atoms. The van der Waals surface area contributed by atoms with Crippen LogP contribution >= 0.6 is 11.3 Å². The molecule has 0 aliphatic rings. The van der Waals surface area contributed by atoms with Crippen molar-refractivity contribution < 1.29 is 13.2 Å². The monoisotopic (exact) mass is 427 g/mol. The molecule has 0 fully saturated rings. The molecule has 0 spiro atoms. The summed E-state index contributed by atoms with van der Waals surface area (Å²) in [6.45, 7) is 5.73. The number of thiazole rings is 1. The number of rotatable bonds is 8. The van der Waals surface area contributed by atoms with Crippen LogP contribution in [0, 0.1) is 6.92 Å². The average molecular weight is 428 g/mol. The highest BCUT2D eigenvalue weighted by atomic mass is 32.1. The molecule has 0 radical (unpaired) electrons. The standard InChI is InChI=1S/C20H28F3N5S/c1-5-24-19(25-11-10-18-27-17(13-29-18)20(21,22)23)26-12-16(28(3)4)15-8-6-14(2)7-9-15/h6-9,13,16H,5,10-12H2,1-4H3,(H2,24,25,26). The Morgan fingerprint density at radius 2 is 1.90 bits per heavy atom. The third kappa shape index (κ3) is 7.32. The first-order valence-electron chi connectivity index (χ1n) is 9.47. The molecule has 2 aromatic rings. The number of benzene rings is 1. The minimum Gasteiger partial charge on any atom is -0.357 e. The first-order valence-corrected chi connectivity index (χ1v) is 10.4. The molecule has 0 aliphatic heterocycles. The summed E-state index contributed by atoms with van der Waals surface area (Å²) in [4.78, 5) is 10.4. The Morgan fingerprint density at radius 1 is 1.21 bits per heavy atom. The number of aryl methyl sites for hydroxylation is 1. The Morgan fingerprint density at radius 3 is 2.45 bits per heavy atom. The molecule has 1 aromatic heterocycles. The summed E-state index contributed by atoms with van der Waals surface area (Å²) in [5.74, 6) is 0.638. The van der Waals surface area contributed by atoms with Gasteiger partial charge in [-0.1, -0.05) is 29.8 Å². The molecule has 0 saturated carbocycles. The fourth-order valence-electron chi connectivity index (χ4n) is 2.72. The molecular formula is C20H28F3N5S. The van der Waals surface area contributed by atoms with Gasteiger partial charge in [-0.2, -0.15) is 13.2 Å². The Labute approximate surface area is 174 Å². The summed E-state index contributed by atoms with van der Waals surface area (Å²) in [6, 6.07) is 8.51. The third-order valence-corrected chi connectivity index (χ3v) is 5.23. The predicted molar refractivity (Wildman–Crippen MR) is 112 cm³/mol. The summed E-state index contributed by atoms with van der Waals surface area (Å²) in [7, 11) is 4.03. The molecule has 1 aromatic carbocycles. The molecule has 9 heteroatoms. The number of hydrogen-bond donors (Lipinski definition) is 2. The fraction of sp³-hybridized carbons (Fsp3) is 0.500. The number of aromatic nitrogens is 1. The smallest absolute Gasteiger partial charge is 0.357 e. The minimum absolute atomic E-state index is 0.124. The molecule has 1 atom stereocenters. The number of likely N-dealkylation sites (N-methyl/N-ethyl adjacent to an activating group) is 1. The molecule has 2 N–H and O–H groups in total. The van der Waals surface area contributed by atoms with E-state index >= 15 is 0 Å². The van der Waals surface area contributed by atoms with Gasteiger partial charge in [-0.15, -0.1) is 11.3 Å². The molecule has 2 rings (SSSR count). The second-order valence-corrected chi connectivity index (χ2v) is 7.85. The van der Waals surface area contributed by atoms with Gasteiger partial charge in [-0.05, 0) is 33.5 Å². The van der Waals surface area contributed by atoms with E-state index in [4.69, 9.17) is 0 Å². The van der Waals surface area contributed by atoms with Gasteiger partial charge in [-0.25, -0.2) is 4.98 Å². The number of aliphatic imine (C=N–C) groups is 1. The zero-order valence-corrected chi connectivity index (χ0v) is 18.0. The fourth-order valence-corrected chi connectivity index (χ4v) is 3.52. The first-order chi connectivity index (χ1) is 13.7. The van der Waals surface area contributed by atoms with Gasteiger partial charge in [0.2, 0.25) is 0 Å². The summed E-state index contributed by atoms with van der Waals surface area (Å²) in [5, 5.41) is 7.86. The van der Waals surface area contributed by atoms with Crippen LogP contribution in [0.3, 0.4) is 0 Å². The van der Waals surface area contributed by atoms with E-state index < -0.39 is 11.9 Å². The van der Waals surface area contributed by atoms with Crippen LogP contribution in [-0.2, 0) is 12.6 Å². The van der Waals surface area contributed by atoms with Crippen molar-refractivity contribution in [2.75, 3.05) is 33.7 Å². The number of guanidine groups is 1. The maximum atomic E-state index is 12.7. The second kappa shape index (κ2) is 10.6. The maximum Gasteiger partial charge on any atom is 0.434 e. The average Bonchev–Trinajstić information content (AvgIpc) is 3.12. The Balaban J connectivity index is 1.97. The van der Waals surface area contributed by atoms with Crippen LogP contribution < -0.4 is 10.6 Å². The van der Waals surface area contributed by atoms with Crippen molar-refractivity contribution in [1.82, 2.24) is 20.5 Å². The van der Waals surface area contributed by atoms with E-state index in [9.17, 15) is 13.2 Å². The number of alkyl halides is 3. The van der Waals surface area contributed by atoms with Gasteiger partial charge < -0.3 is 15.5 Å². The SMILES string of the molecule is CCNC(=NCC(c1ccc(C)cc1)N(C)C)NCCc1nc(C(F)(F)F)cs1. The lowest BCUT2D eigenvalue weighted by Crippen LogP contribution is -2.39. The van der Waals surface area contributed by atoms with E-state index in [0.717, 1.165) is 16.7 Å². The molecule has 1 unspecified atom stereocenters. The van der Waals surface area contributed by atoms with Gasteiger partial charge in [0.1, 0.15) is 0 Å². The van der Waals surface area contributed by atoms with Crippen molar-refractivity contribution in [3.05, 3.63) is 51.5 Å². The Bertz CT molecular complexity index is 784. The lowest BCUT2D eigenvalue weighted by molar-refractivity contribution is -0.140. The number of hydrogen-bond acceptors (Lipinski definition) is 4. The molecular weight excluding hydrogens is 399 g/mol. The van der Waals surface area contributed by atoms with Gasteiger partial charge in [0.25, 0.3) is 0 Å². The van der Waals surface area contributed by atoms with E-state index in [1.54, 1.807) is 0 Å². The van der Waals surface area contributed by atoms with Gasteiger partial charge in [0.05, 0.1) is 17.6 Å². The summed E-state index contributed by atoms with van der Waals surface area (Å²) in [5.41, 5.74) is 1.56. The molecule has 0 saturated heterocycles. The van der Waals surface area contributed by atoms with E-state index in [-0.39, 0.29) is 6.04 Å². The first kappa shape index (κ1) is 23.2. The van der Waals surface area contributed by atoms with Crippen LogP contribution in [0.15, 0.2) is 34.6 Å². The molecule has 1 heterocycles. The highest BCUT2D eigenvalue weighted by Gasteiger charge is 2.33. The molecule has 0 aliphatic carbocycles. The molecule has 5 nitrogen and oxygen atoms in total. The normalized spacial score (nSPS) is 13.6. The highest BCUT2D eigenvalue weighted by Crippen LogP contribution is 2.30. The predicted octanol–water partition coefficient (Wildman–Crippen LogP) is 3.87. The van der Waals surface area contributed by atoms with Crippen molar-refractivity contribution in [2.24, 2.45) is 4.99 Å². The summed E-state index contributed by atoms with van der Waals surface area (Å²) < 4.78 is 38.0. The maximum absolute atomic E-state index is 12.7. The largest absolute Gasteiger partial charge is 0.434 e. The van der Waals surface area contributed by atoms with Crippen LogP contribution in [0.5, 0.6) is 0 Å². The second-order valence-electron chi connectivity index (χ2n) is 6.91. The van der Waals surface area contributed by atoms with E-state index in [1.807, 2.05) is 21.0 Å². The van der Waals surface area contributed by atoms with Gasteiger partial charge in [0.15, 0.2) is 11.7 Å². The summed E-state index contributed by atoms with van der Waals surface area (Å²) in [6.07, 6.45) is -3.99. The Hall–Kier alpha value is -2.13. The van der Waals surface area contributed by atoms with Crippen molar-refractivity contribution in [1.29, 1.82) is 0 Å². The van der Waals surface area contributed by atoms with Gasteiger partial charge in [-0.3, -0.25) is 4.99 Å².